The summed E-state index contributed by atoms with van der Waals surface area (Å²) in [5, 5.41) is 3.06. The number of benzene rings is 1. The second kappa shape index (κ2) is 8.88. The zero-order chi connectivity index (χ0) is 18.4. The number of ether oxygens (including phenoxy) is 1. The summed E-state index contributed by atoms with van der Waals surface area (Å²) in [5.41, 5.74) is 1.23. The fraction of sp³-hybridized carbons (Fsp3) is 0.600. The molecule has 0 radical (unpaired) electrons. The number of amides is 2. The molecule has 1 aromatic carbocycles. The summed E-state index contributed by atoms with van der Waals surface area (Å²) < 4.78 is 5.64. The number of carbonyl (C=O) groups excluding carboxylic acids is 2. The van der Waals surface area contributed by atoms with Crippen molar-refractivity contribution in [2.45, 2.75) is 58.6 Å². The van der Waals surface area contributed by atoms with Crippen molar-refractivity contribution in [1.29, 1.82) is 0 Å². The van der Waals surface area contributed by atoms with Crippen LogP contribution in [0.3, 0.4) is 0 Å². The Morgan fingerprint density at radius 2 is 1.96 bits per heavy atom. The van der Waals surface area contributed by atoms with E-state index in [9.17, 15) is 9.59 Å². The number of rotatable bonds is 7. The van der Waals surface area contributed by atoms with Gasteiger partial charge in [0.2, 0.25) is 11.8 Å². The van der Waals surface area contributed by atoms with Crippen molar-refractivity contribution in [3.63, 3.8) is 0 Å². The molecule has 138 valence electrons. The van der Waals surface area contributed by atoms with Crippen molar-refractivity contribution in [1.82, 2.24) is 10.2 Å². The molecule has 1 aliphatic heterocycles. The normalized spacial score (nSPS) is 19.0. The molecule has 0 bridgehead atoms. The highest BCUT2D eigenvalue weighted by Gasteiger charge is 2.28. The average molecular weight is 346 g/mol. The number of hydrogen-bond donors (Lipinski definition) is 1. The van der Waals surface area contributed by atoms with Crippen molar-refractivity contribution in [3.8, 4) is 5.75 Å². The van der Waals surface area contributed by atoms with Crippen LogP contribution in [0, 0.1) is 5.92 Å². The maximum absolute atomic E-state index is 12.3. The van der Waals surface area contributed by atoms with Gasteiger partial charge in [-0.3, -0.25) is 9.59 Å². The maximum Gasteiger partial charge on any atom is 0.223 e. The molecule has 0 unspecified atom stereocenters. The number of aryl methyl sites for hydroxylation is 1. The van der Waals surface area contributed by atoms with Crippen molar-refractivity contribution >= 4 is 11.8 Å². The van der Waals surface area contributed by atoms with E-state index in [1.54, 1.807) is 11.9 Å². The molecule has 25 heavy (non-hydrogen) atoms. The first kappa shape index (κ1) is 19.3. The van der Waals surface area contributed by atoms with Gasteiger partial charge in [-0.15, -0.1) is 0 Å². The Hall–Kier alpha value is -2.04. The molecule has 0 saturated carbocycles. The van der Waals surface area contributed by atoms with Crippen molar-refractivity contribution in [2.24, 2.45) is 5.92 Å². The van der Waals surface area contributed by atoms with Crippen LogP contribution in [0.15, 0.2) is 24.3 Å². The summed E-state index contributed by atoms with van der Waals surface area (Å²) in [5.74, 6) is 0.767. The van der Waals surface area contributed by atoms with Gasteiger partial charge in [0.1, 0.15) is 5.75 Å². The lowest BCUT2D eigenvalue weighted by Gasteiger charge is -2.28. The second-order valence-corrected chi connectivity index (χ2v) is 7.26. The Balaban J connectivity index is 1.75. The van der Waals surface area contributed by atoms with E-state index in [2.05, 4.69) is 17.4 Å². The summed E-state index contributed by atoms with van der Waals surface area (Å²) in [6, 6.07) is 8.21. The van der Waals surface area contributed by atoms with Crippen LogP contribution >= 0.6 is 0 Å². The van der Waals surface area contributed by atoms with Gasteiger partial charge in [-0.2, -0.15) is 0 Å². The molecule has 5 nitrogen and oxygen atoms in total. The molecular formula is C20H30N2O3. The molecule has 1 N–H and O–H groups in total. The van der Waals surface area contributed by atoms with Crippen molar-refractivity contribution in [3.05, 3.63) is 29.8 Å². The zero-order valence-electron chi connectivity index (χ0n) is 15.7. The molecule has 1 saturated heterocycles. The lowest BCUT2D eigenvalue weighted by Crippen LogP contribution is -2.44. The van der Waals surface area contributed by atoms with Gasteiger partial charge < -0.3 is 15.0 Å². The molecule has 0 aliphatic carbocycles. The number of nitrogens with zero attached hydrogens (tertiary/aromatic N) is 1. The van der Waals surface area contributed by atoms with Gasteiger partial charge in [-0.05, 0) is 57.7 Å². The number of nitrogens with one attached hydrogen (secondary N) is 1. The van der Waals surface area contributed by atoms with Gasteiger partial charge in [0.05, 0.1) is 6.10 Å². The first-order chi connectivity index (χ1) is 11.8. The van der Waals surface area contributed by atoms with Gasteiger partial charge in [0.15, 0.2) is 0 Å². The molecule has 0 aromatic heterocycles. The third-order valence-corrected chi connectivity index (χ3v) is 4.58. The summed E-state index contributed by atoms with van der Waals surface area (Å²) in [4.78, 5) is 25.8. The van der Waals surface area contributed by atoms with E-state index in [0.717, 1.165) is 25.0 Å². The van der Waals surface area contributed by atoms with Gasteiger partial charge in [0, 0.05) is 32.0 Å². The molecule has 2 rings (SSSR count). The van der Waals surface area contributed by atoms with Gasteiger partial charge >= 0.3 is 0 Å². The second-order valence-electron chi connectivity index (χ2n) is 7.26. The van der Waals surface area contributed by atoms with Crippen LogP contribution in [-0.2, 0) is 16.0 Å². The highest BCUT2D eigenvalue weighted by Crippen LogP contribution is 2.18. The van der Waals surface area contributed by atoms with Crippen LogP contribution in [0.4, 0.5) is 0 Å². The van der Waals surface area contributed by atoms with E-state index in [1.807, 2.05) is 32.9 Å². The Labute approximate surface area is 150 Å². The van der Waals surface area contributed by atoms with Gasteiger partial charge in [0.25, 0.3) is 0 Å². The Morgan fingerprint density at radius 1 is 1.28 bits per heavy atom. The topological polar surface area (TPSA) is 58.6 Å². The highest BCUT2D eigenvalue weighted by molar-refractivity contribution is 5.86. The highest BCUT2D eigenvalue weighted by atomic mass is 16.5. The lowest BCUT2D eigenvalue weighted by atomic mass is 9.95. The molecule has 1 heterocycles. The third-order valence-electron chi connectivity index (χ3n) is 4.58. The molecule has 0 spiro atoms. The maximum atomic E-state index is 12.3. The predicted molar refractivity (Wildman–Crippen MR) is 98.5 cm³/mol. The monoisotopic (exact) mass is 346 g/mol. The third kappa shape index (κ3) is 6.07. The Kier molecular flexibility index (Phi) is 6.85. The molecule has 2 amide bonds. The van der Waals surface area contributed by atoms with E-state index in [4.69, 9.17) is 4.74 Å². The summed E-state index contributed by atoms with van der Waals surface area (Å²) >= 11 is 0. The standard InChI is InChI=1S/C20H30N2O3/c1-14(2)25-18-9-7-16(8-10-18)6-5-15(3)21-20(24)17-11-12-22(4)19(23)13-17/h7-10,14-15,17H,5-6,11-13H2,1-4H3,(H,21,24)/t15-,17+/m0/s1. The number of piperidine rings is 1. The van der Waals surface area contributed by atoms with E-state index in [-0.39, 0.29) is 29.9 Å². The van der Waals surface area contributed by atoms with Crippen molar-refractivity contribution in [2.75, 3.05) is 13.6 Å². The van der Waals surface area contributed by atoms with E-state index >= 15 is 0 Å². The molecular weight excluding hydrogens is 316 g/mol. The van der Waals surface area contributed by atoms with E-state index in [0.29, 0.717) is 13.0 Å². The largest absolute Gasteiger partial charge is 0.491 e. The van der Waals surface area contributed by atoms with Crippen LogP contribution in [0.1, 0.15) is 45.6 Å². The number of hydrogen-bond acceptors (Lipinski definition) is 3. The number of likely N-dealkylation sites (tertiary alicyclic amines) is 1. The summed E-state index contributed by atoms with van der Waals surface area (Å²) in [6.07, 6.45) is 3.02. The van der Waals surface area contributed by atoms with Crippen LogP contribution in [0.5, 0.6) is 5.75 Å². The van der Waals surface area contributed by atoms with Crippen LogP contribution in [-0.4, -0.2) is 42.5 Å². The van der Waals surface area contributed by atoms with Gasteiger partial charge in [-0.25, -0.2) is 0 Å². The smallest absolute Gasteiger partial charge is 0.223 e. The molecule has 2 atom stereocenters. The molecule has 1 aromatic rings. The average Bonchev–Trinajstić information content (AvgIpc) is 2.56. The summed E-state index contributed by atoms with van der Waals surface area (Å²) in [7, 11) is 1.79. The SMILES string of the molecule is CC(C)Oc1ccc(CC[C@H](C)NC(=O)[C@@H]2CCN(C)C(=O)C2)cc1. The van der Waals surface area contributed by atoms with E-state index in [1.165, 1.54) is 5.56 Å². The Bertz CT molecular complexity index is 583. The van der Waals surface area contributed by atoms with Crippen molar-refractivity contribution < 1.29 is 14.3 Å². The minimum absolute atomic E-state index is 0.00892. The first-order valence-electron chi connectivity index (χ1n) is 9.15. The fourth-order valence-electron chi connectivity index (χ4n) is 2.99. The zero-order valence-corrected chi connectivity index (χ0v) is 15.7. The minimum Gasteiger partial charge on any atom is -0.491 e. The van der Waals surface area contributed by atoms with Crippen LogP contribution < -0.4 is 10.1 Å². The number of carbonyl (C=O) groups is 2. The van der Waals surface area contributed by atoms with Crippen LogP contribution in [0.2, 0.25) is 0 Å². The molecule has 1 aliphatic rings. The molecule has 5 heteroatoms. The van der Waals surface area contributed by atoms with Gasteiger partial charge in [-0.1, -0.05) is 12.1 Å². The lowest BCUT2D eigenvalue weighted by molar-refractivity contribution is -0.139. The predicted octanol–water partition coefficient (Wildman–Crippen LogP) is 2.78. The quantitative estimate of drug-likeness (QED) is 0.826. The Morgan fingerprint density at radius 3 is 2.56 bits per heavy atom. The first-order valence-corrected chi connectivity index (χ1v) is 9.15. The minimum atomic E-state index is -0.182. The van der Waals surface area contributed by atoms with Crippen LogP contribution in [0.25, 0.3) is 0 Å². The fourth-order valence-corrected chi connectivity index (χ4v) is 2.99. The van der Waals surface area contributed by atoms with E-state index < -0.39 is 0 Å². The summed E-state index contributed by atoms with van der Waals surface area (Å²) in [6.45, 7) is 6.70. The molecule has 1 fully saturated rings.